The van der Waals surface area contributed by atoms with Crippen molar-refractivity contribution in [1.82, 2.24) is 0 Å². The summed E-state index contributed by atoms with van der Waals surface area (Å²) in [6.45, 7) is 17.8. The van der Waals surface area contributed by atoms with Crippen LogP contribution < -0.4 is 9.80 Å². The monoisotopic (exact) mass is 906 g/mol. The Morgan fingerprint density at radius 3 is 1.09 bits per heavy atom. The molecule has 2 heterocycles. The summed E-state index contributed by atoms with van der Waals surface area (Å²) in [6.07, 6.45) is 0. The molecule has 0 N–H and O–H groups in total. The molecule has 12 aromatic rings. The maximum absolute atomic E-state index is 9.96. The average molecular weight is 907 g/mol. The minimum Gasteiger partial charge on any atom is -0.454 e. The van der Waals surface area contributed by atoms with Gasteiger partial charge in [0.2, 0.25) is 0 Å². The van der Waals surface area contributed by atoms with E-state index in [0.29, 0.717) is 11.1 Å². The van der Waals surface area contributed by atoms with Crippen LogP contribution in [0.15, 0.2) is 154 Å². The predicted molar refractivity (Wildman–Crippen MR) is 291 cm³/mol. The summed E-state index contributed by atoms with van der Waals surface area (Å²) in [5.41, 5.74) is 17.3. The van der Waals surface area contributed by atoms with Crippen molar-refractivity contribution in [3.05, 3.63) is 190 Å². The van der Waals surface area contributed by atoms with Crippen molar-refractivity contribution >= 4 is 110 Å². The average Bonchev–Trinajstić information content (AvgIpc) is 3.95. The molecule has 6 nitrogen and oxygen atoms in total. The molecule has 338 valence electrons. The van der Waals surface area contributed by atoms with Crippen LogP contribution >= 0.6 is 0 Å². The Hall–Kier alpha value is -8.58. The van der Waals surface area contributed by atoms with Gasteiger partial charge in [0.25, 0.3) is 0 Å². The van der Waals surface area contributed by atoms with Crippen LogP contribution in [-0.4, -0.2) is 0 Å². The summed E-state index contributed by atoms with van der Waals surface area (Å²) in [4.78, 5) is 4.67. The zero-order valence-corrected chi connectivity index (χ0v) is 40.6. The fourth-order valence-electron chi connectivity index (χ4n) is 11.4. The van der Waals surface area contributed by atoms with Gasteiger partial charge in [-0.25, -0.2) is 0 Å². The second-order valence-corrected chi connectivity index (χ2v) is 19.7. The third-order valence-corrected chi connectivity index (χ3v) is 14.7. The Bertz CT molecular complexity index is 3920. The van der Waals surface area contributed by atoms with Gasteiger partial charge in [0.15, 0.2) is 11.2 Å². The highest BCUT2D eigenvalue weighted by molar-refractivity contribution is 6.31. The highest BCUT2D eigenvalue weighted by Gasteiger charge is 2.29. The van der Waals surface area contributed by atoms with E-state index in [1.165, 1.54) is 32.7 Å². The first-order valence-electron chi connectivity index (χ1n) is 24.2. The number of anilines is 6. The van der Waals surface area contributed by atoms with E-state index in [0.717, 1.165) is 111 Å². The van der Waals surface area contributed by atoms with Gasteiger partial charge in [-0.3, -0.25) is 0 Å². The third-order valence-electron chi connectivity index (χ3n) is 14.7. The molecule has 0 saturated carbocycles. The Morgan fingerprint density at radius 1 is 0.371 bits per heavy atom. The standard InChI is InChI=1S/C64H50N4O2/c1-35(2)45-13-9-15-47-49-17-11-19-53(63(49)69-61(45)47)67(43-25-21-41(33-65)22-26-43)55-31-37(5)51-30-40(8)58-56(32-38(6)52-29-39(7)57(55)59(51)60(52)58)68(44-27-23-42(34-66)24-28-44)54-20-12-18-50-48-16-10-14-46(36(3)4)62(48)70-64(50)54/h9-32,35-36H,1-8H3. The van der Waals surface area contributed by atoms with E-state index in [1.807, 2.05) is 48.5 Å². The number of furan rings is 2. The topological polar surface area (TPSA) is 80.3 Å². The van der Waals surface area contributed by atoms with Crippen molar-refractivity contribution in [1.29, 1.82) is 10.5 Å². The molecule has 0 aliphatic rings. The molecular weight excluding hydrogens is 857 g/mol. The first-order chi connectivity index (χ1) is 33.9. The zero-order chi connectivity index (χ0) is 48.3. The predicted octanol–water partition coefficient (Wildman–Crippen LogP) is 18.5. The molecule has 70 heavy (non-hydrogen) atoms. The number of aryl methyl sites for hydroxylation is 4. The normalized spacial score (nSPS) is 11.9. The van der Waals surface area contributed by atoms with E-state index >= 15 is 0 Å². The SMILES string of the molecule is Cc1cc(N(c2ccc(C#N)cc2)c2cccc3c2oc2c(C(C)C)cccc23)c2c(C)cc3c(C)cc(N(c4ccc(C#N)cc4)c4cccc5c4oc4c(C(C)C)cccc45)c4c(C)cc1c2c34. The molecule has 0 bridgehead atoms. The molecular formula is C64H50N4O2. The van der Waals surface area contributed by atoms with Crippen LogP contribution in [0.2, 0.25) is 0 Å². The smallest absolute Gasteiger partial charge is 0.159 e. The molecule has 0 amide bonds. The molecule has 0 fully saturated rings. The second-order valence-electron chi connectivity index (χ2n) is 19.7. The van der Waals surface area contributed by atoms with Gasteiger partial charge in [0.1, 0.15) is 11.2 Å². The maximum atomic E-state index is 9.96. The molecule has 0 saturated heterocycles. The van der Waals surface area contributed by atoms with Gasteiger partial charge in [-0.2, -0.15) is 10.5 Å². The molecule has 6 heteroatoms. The van der Waals surface area contributed by atoms with Crippen LogP contribution in [0.1, 0.15) is 84.0 Å². The molecule has 12 rings (SSSR count). The largest absolute Gasteiger partial charge is 0.454 e. The maximum Gasteiger partial charge on any atom is 0.159 e. The summed E-state index contributed by atoms with van der Waals surface area (Å²) < 4.78 is 14.1. The number of fused-ring (bicyclic) bond motifs is 6. The summed E-state index contributed by atoms with van der Waals surface area (Å²) >= 11 is 0. The zero-order valence-electron chi connectivity index (χ0n) is 40.6. The molecule has 0 unspecified atom stereocenters. The molecule has 0 spiro atoms. The van der Waals surface area contributed by atoms with Gasteiger partial charge in [0, 0.05) is 54.5 Å². The third kappa shape index (κ3) is 6.30. The van der Waals surface area contributed by atoms with Crippen molar-refractivity contribution in [2.24, 2.45) is 0 Å². The van der Waals surface area contributed by atoms with Crippen LogP contribution in [0.5, 0.6) is 0 Å². The fourth-order valence-corrected chi connectivity index (χ4v) is 11.4. The molecule has 0 aliphatic carbocycles. The van der Waals surface area contributed by atoms with E-state index in [2.05, 4.69) is 174 Å². The lowest BCUT2D eigenvalue weighted by Crippen LogP contribution is -2.13. The van der Waals surface area contributed by atoms with E-state index in [9.17, 15) is 10.5 Å². The number of hydrogen-bond donors (Lipinski definition) is 0. The minimum absolute atomic E-state index is 0.277. The number of benzene rings is 10. The highest BCUT2D eigenvalue weighted by Crippen LogP contribution is 2.53. The molecule has 0 aliphatic heterocycles. The molecule has 0 radical (unpaired) electrons. The summed E-state index contributed by atoms with van der Waals surface area (Å²) in [5, 5.41) is 31.3. The van der Waals surface area contributed by atoms with Gasteiger partial charge in [-0.15, -0.1) is 0 Å². The van der Waals surface area contributed by atoms with Crippen LogP contribution in [-0.2, 0) is 0 Å². The summed E-state index contributed by atoms with van der Waals surface area (Å²) in [5.74, 6) is 0.554. The van der Waals surface area contributed by atoms with Crippen molar-refractivity contribution in [3.8, 4) is 12.1 Å². The molecule has 2 aromatic heterocycles. The van der Waals surface area contributed by atoms with Crippen molar-refractivity contribution in [3.63, 3.8) is 0 Å². The lowest BCUT2D eigenvalue weighted by atomic mass is 9.84. The minimum atomic E-state index is 0.277. The number of nitriles is 2. The highest BCUT2D eigenvalue weighted by atomic mass is 16.3. The lowest BCUT2D eigenvalue weighted by Gasteiger charge is -2.31. The van der Waals surface area contributed by atoms with E-state index in [4.69, 9.17) is 8.83 Å². The van der Waals surface area contributed by atoms with Gasteiger partial charge in [-0.05, 0) is 156 Å². The fraction of sp³-hybridized carbons (Fsp3) is 0.156. The molecule has 0 atom stereocenters. The van der Waals surface area contributed by atoms with Crippen molar-refractivity contribution in [2.75, 3.05) is 9.80 Å². The van der Waals surface area contributed by atoms with Crippen LogP contribution in [0.4, 0.5) is 34.1 Å². The Balaban J connectivity index is 1.19. The lowest BCUT2D eigenvalue weighted by molar-refractivity contribution is 0.657. The number of nitrogens with zero attached hydrogens (tertiary/aromatic N) is 4. The Kier molecular flexibility index (Phi) is 9.78. The van der Waals surface area contributed by atoms with E-state index in [-0.39, 0.29) is 11.8 Å². The number of rotatable bonds is 8. The summed E-state index contributed by atoms with van der Waals surface area (Å²) in [6, 6.07) is 55.7. The van der Waals surface area contributed by atoms with Crippen molar-refractivity contribution < 1.29 is 8.83 Å². The van der Waals surface area contributed by atoms with Gasteiger partial charge in [0.05, 0.1) is 46.0 Å². The first kappa shape index (κ1) is 42.8. The van der Waals surface area contributed by atoms with Crippen LogP contribution in [0, 0.1) is 50.4 Å². The second kappa shape index (κ2) is 16.0. The quantitative estimate of drug-likeness (QED) is 0.141. The van der Waals surface area contributed by atoms with Gasteiger partial charge >= 0.3 is 0 Å². The van der Waals surface area contributed by atoms with Gasteiger partial charge in [-0.1, -0.05) is 100 Å². The molecule has 10 aromatic carbocycles. The van der Waals surface area contributed by atoms with E-state index < -0.39 is 0 Å². The van der Waals surface area contributed by atoms with E-state index in [1.54, 1.807) is 0 Å². The van der Waals surface area contributed by atoms with Crippen molar-refractivity contribution in [2.45, 2.75) is 67.2 Å². The van der Waals surface area contributed by atoms with Crippen LogP contribution in [0.3, 0.4) is 0 Å². The number of hydrogen-bond acceptors (Lipinski definition) is 6. The Labute approximate surface area is 407 Å². The summed E-state index contributed by atoms with van der Waals surface area (Å²) in [7, 11) is 0. The number of para-hydroxylation sites is 4. The van der Waals surface area contributed by atoms with Gasteiger partial charge < -0.3 is 18.6 Å². The first-order valence-corrected chi connectivity index (χ1v) is 24.2. The Morgan fingerprint density at radius 2 is 0.729 bits per heavy atom. The van der Waals surface area contributed by atoms with Crippen LogP contribution in [0.25, 0.3) is 76.2 Å².